The third-order valence-electron chi connectivity index (χ3n) is 3.91. The quantitative estimate of drug-likeness (QED) is 0.901. The number of hydrogen-bond acceptors (Lipinski definition) is 2. The van der Waals surface area contributed by atoms with E-state index in [1.165, 1.54) is 0 Å². The number of nitrogens with zero attached hydrogens (tertiary/aromatic N) is 1. The summed E-state index contributed by atoms with van der Waals surface area (Å²) in [6.45, 7) is 3.06. The summed E-state index contributed by atoms with van der Waals surface area (Å²) in [5.74, 6) is 0. The van der Waals surface area contributed by atoms with Crippen LogP contribution in [0.15, 0.2) is 18.2 Å². The number of halogens is 2. The summed E-state index contributed by atoms with van der Waals surface area (Å²) in [5.41, 5.74) is 0.267. The van der Waals surface area contributed by atoms with Crippen LogP contribution in [0, 0.1) is 0 Å². The van der Waals surface area contributed by atoms with Gasteiger partial charge in [-0.2, -0.15) is 0 Å². The summed E-state index contributed by atoms with van der Waals surface area (Å²) in [5, 5.41) is 11.8. The second-order valence-corrected chi connectivity index (χ2v) is 6.18. The number of hydrogen-bond donors (Lipinski definition) is 1. The van der Waals surface area contributed by atoms with Crippen LogP contribution in [0.4, 0.5) is 0 Å². The van der Waals surface area contributed by atoms with Crippen molar-refractivity contribution in [2.24, 2.45) is 0 Å². The molecule has 100 valence electrons. The number of piperidine rings is 1. The largest absolute Gasteiger partial charge is 0.389 e. The van der Waals surface area contributed by atoms with Crippen molar-refractivity contribution in [3.63, 3.8) is 0 Å². The van der Waals surface area contributed by atoms with E-state index in [2.05, 4.69) is 18.9 Å². The van der Waals surface area contributed by atoms with Crippen molar-refractivity contribution in [1.29, 1.82) is 0 Å². The van der Waals surface area contributed by atoms with Crippen LogP contribution in [0.25, 0.3) is 0 Å². The number of benzene rings is 1. The first-order chi connectivity index (χ1) is 8.41. The lowest BCUT2D eigenvalue weighted by atomic mass is 9.82. The summed E-state index contributed by atoms with van der Waals surface area (Å²) in [4.78, 5) is 2.27. The molecule has 18 heavy (non-hydrogen) atoms. The highest BCUT2D eigenvalue weighted by Gasteiger charge is 2.35. The molecule has 1 aliphatic heterocycles. The number of aliphatic hydroxyl groups is 1. The molecule has 1 aliphatic rings. The molecule has 2 unspecified atom stereocenters. The summed E-state index contributed by atoms with van der Waals surface area (Å²) >= 11 is 12.2. The molecular formula is C14H19Cl2NO. The van der Waals surface area contributed by atoms with Crippen molar-refractivity contribution in [1.82, 2.24) is 4.90 Å². The molecule has 1 N–H and O–H groups in total. The standard InChI is InChI=1S/C14H19Cl2NO/c1-10-8-14(18,6-7-17(10)2)9-11-4-3-5-12(15)13(11)16/h3-5,10,18H,6-9H2,1-2H3. The molecule has 0 aliphatic carbocycles. The third kappa shape index (κ3) is 3.00. The normalized spacial score (nSPS) is 29.5. The zero-order valence-electron chi connectivity index (χ0n) is 10.8. The summed E-state index contributed by atoms with van der Waals surface area (Å²) in [7, 11) is 2.09. The van der Waals surface area contributed by atoms with Gasteiger partial charge < -0.3 is 10.0 Å². The maximum atomic E-state index is 10.7. The molecule has 0 bridgehead atoms. The number of rotatable bonds is 2. The van der Waals surface area contributed by atoms with Crippen LogP contribution in [0.2, 0.25) is 10.0 Å². The minimum absolute atomic E-state index is 0.390. The van der Waals surface area contributed by atoms with E-state index in [9.17, 15) is 5.11 Å². The van der Waals surface area contributed by atoms with Gasteiger partial charge in [-0.1, -0.05) is 35.3 Å². The molecule has 0 aromatic heterocycles. The second kappa shape index (κ2) is 5.38. The fourth-order valence-corrected chi connectivity index (χ4v) is 3.00. The molecule has 1 aromatic rings. The molecule has 1 fully saturated rings. The Morgan fingerprint density at radius 1 is 1.44 bits per heavy atom. The Morgan fingerprint density at radius 3 is 2.83 bits per heavy atom. The van der Waals surface area contributed by atoms with Gasteiger partial charge in [-0.3, -0.25) is 0 Å². The van der Waals surface area contributed by atoms with Gasteiger partial charge in [0.1, 0.15) is 0 Å². The maximum Gasteiger partial charge on any atom is 0.0715 e. The Morgan fingerprint density at radius 2 is 2.17 bits per heavy atom. The summed E-state index contributed by atoms with van der Waals surface area (Å²) in [6, 6.07) is 5.98. The fraction of sp³-hybridized carbons (Fsp3) is 0.571. The molecule has 2 atom stereocenters. The van der Waals surface area contributed by atoms with Gasteiger partial charge >= 0.3 is 0 Å². The molecule has 1 saturated heterocycles. The monoisotopic (exact) mass is 287 g/mol. The maximum absolute atomic E-state index is 10.7. The lowest BCUT2D eigenvalue weighted by Crippen LogP contribution is -2.48. The predicted octanol–water partition coefficient (Wildman–Crippen LogP) is 3.38. The molecule has 4 heteroatoms. The van der Waals surface area contributed by atoms with Crippen molar-refractivity contribution < 1.29 is 5.11 Å². The molecule has 0 amide bonds. The first-order valence-electron chi connectivity index (χ1n) is 6.27. The van der Waals surface area contributed by atoms with E-state index in [0.29, 0.717) is 22.5 Å². The first kappa shape index (κ1) is 14.1. The highest BCUT2D eigenvalue weighted by molar-refractivity contribution is 6.42. The van der Waals surface area contributed by atoms with Crippen molar-refractivity contribution in [2.75, 3.05) is 13.6 Å². The SMILES string of the molecule is CC1CC(O)(Cc2cccc(Cl)c2Cl)CCN1C. The fourth-order valence-electron chi connectivity index (χ4n) is 2.61. The molecule has 0 saturated carbocycles. The van der Waals surface area contributed by atoms with Crippen molar-refractivity contribution in [3.05, 3.63) is 33.8 Å². The average molecular weight is 288 g/mol. The van der Waals surface area contributed by atoms with Gasteiger partial charge in [0.05, 0.1) is 15.6 Å². The van der Waals surface area contributed by atoms with Gasteiger partial charge in [0.2, 0.25) is 0 Å². The summed E-state index contributed by atoms with van der Waals surface area (Å²) < 4.78 is 0. The topological polar surface area (TPSA) is 23.5 Å². The average Bonchev–Trinajstić information content (AvgIpc) is 2.31. The van der Waals surface area contributed by atoms with Gasteiger partial charge in [-0.25, -0.2) is 0 Å². The van der Waals surface area contributed by atoms with Crippen LogP contribution >= 0.6 is 23.2 Å². The lowest BCUT2D eigenvalue weighted by molar-refractivity contribution is -0.0353. The Hall–Kier alpha value is -0.280. The van der Waals surface area contributed by atoms with E-state index < -0.39 is 5.60 Å². The molecule has 2 rings (SSSR count). The highest BCUT2D eigenvalue weighted by atomic mass is 35.5. The molecule has 0 spiro atoms. The molecule has 0 radical (unpaired) electrons. The Bertz CT molecular complexity index is 438. The van der Waals surface area contributed by atoms with E-state index in [0.717, 1.165) is 24.9 Å². The van der Waals surface area contributed by atoms with Crippen LogP contribution in [0.5, 0.6) is 0 Å². The molecule has 1 heterocycles. The first-order valence-corrected chi connectivity index (χ1v) is 7.02. The highest BCUT2D eigenvalue weighted by Crippen LogP contribution is 2.33. The second-order valence-electron chi connectivity index (χ2n) is 5.40. The van der Waals surface area contributed by atoms with Crippen molar-refractivity contribution >= 4 is 23.2 Å². The van der Waals surface area contributed by atoms with Crippen LogP contribution in [-0.4, -0.2) is 35.2 Å². The Labute approximate surface area is 119 Å². The lowest BCUT2D eigenvalue weighted by Gasteiger charge is -2.41. The zero-order chi connectivity index (χ0) is 13.3. The predicted molar refractivity (Wildman–Crippen MR) is 76.4 cm³/mol. The molecule has 1 aromatic carbocycles. The Kier molecular flexibility index (Phi) is 4.22. The zero-order valence-corrected chi connectivity index (χ0v) is 12.3. The van der Waals surface area contributed by atoms with E-state index >= 15 is 0 Å². The van der Waals surface area contributed by atoms with Gasteiger partial charge in [0.15, 0.2) is 0 Å². The smallest absolute Gasteiger partial charge is 0.0715 e. The van der Waals surface area contributed by atoms with E-state index in [1.807, 2.05) is 12.1 Å². The minimum atomic E-state index is -0.666. The minimum Gasteiger partial charge on any atom is -0.389 e. The van der Waals surface area contributed by atoms with Gasteiger partial charge in [0, 0.05) is 19.0 Å². The molecule has 2 nitrogen and oxygen atoms in total. The van der Waals surface area contributed by atoms with Crippen molar-refractivity contribution in [3.8, 4) is 0 Å². The number of likely N-dealkylation sites (tertiary alicyclic amines) is 1. The van der Waals surface area contributed by atoms with Gasteiger partial charge in [0.25, 0.3) is 0 Å². The van der Waals surface area contributed by atoms with Crippen molar-refractivity contribution in [2.45, 2.75) is 37.8 Å². The Balaban J connectivity index is 2.15. The van der Waals surface area contributed by atoms with Crippen LogP contribution in [0.3, 0.4) is 0 Å². The summed E-state index contributed by atoms with van der Waals surface area (Å²) in [6.07, 6.45) is 2.12. The van der Waals surface area contributed by atoms with Gasteiger partial charge in [-0.15, -0.1) is 0 Å². The van der Waals surface area contributed by atoms with Crippen LogP contribution in [0.1, 0.15) is 25.3 Å². The third-order valence-corrected chi connectivity index (χ3v) is 4.77. The van der Waals surface area contributed by atoms with E-state index in [-0.39, 0.29) is 0 Å². The van der Waals surface area contributed by atoms with E-state index in [4.69, 9.17) is 23.2 Å². The van der Waals surface area contributed by atoms with Crippen LogP contribution < -0.4 is 0 Å². The van der Waals surface area contributed by atoms with E-state index in [1.54, 1.807) is 6.07 Å². The molecular weight excluding hydrogens is 269 g/mol. The van der Waals surface area contributed by atoms with Crippen LogP contribution in [-0.2, 0) is 6.42 Å². The van der Waals surface area contributed by atoms with Gasteiger partial charge in [-0.05, 0) is 38.4 Å².